The van der Waals surface area contributed by atoms with Gasteiger partial charge in [0.05, 0.1) is 5.56 Å². The molecule has 1 heterocycles. The second-order valence-corrected chi connectivity index (χ2v) is 3.01. The van der Waals surface area contributed by atoms with Crippen molar-refractivity contribution in [1.29, 1.82) is 0 Å². The van der Waals surface area contributed by atoms with Gasteiger partial charge in [0, 0.05) is 13.2 Å². The summed E-state index contributed by atoms with van der Waals surface area (Å²) in [4.78, 5) is 18.9. The van der Waals surface area contributed by atoms with Crippen molar-refractivity contribution < 1.29 is 4.79 Å². The number of amides is 1. The quantitative estimate of drug-likeness (QED) is 0.540. The van der Waals surface area contributed by atoms with Crippen LogP contribution in [0, 0.1) is 0 Å². The number of anilines is 1. The summed E-state index contributed by atoms with van der Waals surface area (Å²) in [5.41, 5.74) is 5.42. The van der Waals surface area contributed by atoms with Gasteiger partial charge in [-0.05, 0) is 6.26 Å². The number of nitrogens with zero attached hydrogens (tertiary/aromatic N) is 2. The maximum absolute atomic E-state index is 10.9. The van der Waals surface area contributed by atoms with Gasteiger partial charge in [-0.3, -0.25) is 4.79 Å². The topological polar surface area (TPSA) is 80.9 Å². The van der Waals surface area contributed by atoms with Crippen LogP contribution in [0.25, 0.3) is 0 Å². The van der Waals surface area contributed by atoms with Gasteiger partial charge in [-0.1, -0.05) is 11.8 Å². The first kappa shape index (κ1) is 9.79. The highest BCUT2D eigenvalue weighted by atomic mass is 32.2. The third kappa shape index (κ3) is 2.09. The van der Waals surface area contributed by atoms with E-state index in [1.54, 1.807) is 7.05 Å². The van der Waals surface area contributed by atoms with Gasteiger partial charge in [0.1, 0.15) is 5.82 Å². The Hall–Kier alpha value is -1.30. The summed E-state index contributed by atoms with van der Waals surface area (Å²) >= 11 is 1.40. The number of thioether (sulfide) groups is 1. The molecule has 0 spiro atoms. The standard InChI is InChI=1S/C7H10N4OS/c1-9-6-4(5(8)12)3-10-7(11-6)13-2/h3H,1-2H3,(H2,8,12)(H,9,10,11). The van der Waals surface area contributed by atoms with E-state index in [0.29, 0.717) is 16.5 Å². The molecule has 0 aliphatic carbocycles. The van der Waals surface area contributed by atoms with Crippen LogP contribution in [0.15, 0.2) is 11.4 Å². The number of hydrogen-bond acceptors (Lipinski definition) is 5. The van der Waals surface area contributed by atoms with E-state index in [0.717, 1.165) is 0 Å². The lowest BCUT2D eigenvalue weighted by Gasteiger charge is -2.04. The predicted molar refractivity (Wildman–Crippen MR) is 51.9 cm³/mol. The molecular weight excluding hydrogens is 188 g/mol. The Bertz CT molecular complexity index is 328. The molecule has 6 heteroatoms. The molecule has 0 unspecified atom stereocenters. The van der Waals surface area contributed by atoms with E-state index < -0.39 is 5.91 Å². The van der Waals surface area contributed by atoms with Gasteiger partial charge in [-0.15, -0.1) is 0 Å². The molecule has 1 amide bonds. The third-order valence-corrected chi connectivity index (χ3v) is 2.01. The molecule has 1 aromatic rings. The highest BCUT2D eigenvalue weighted by molar-refractivity contribution is 7.98. The molecule has 1 aromatic heterocycles. The van der Waals surface area contributed by atoms with E-state index in [1.165, 1.54) is 18.0 Å². The minimum Gasteiger partial charge on any atom is -0.372 e. The number of nitrogens with one attached hydrogen (secondary N) is 1. The number of carbonyl (C=O) groups excluding carboxylic acids is 1. The van der Waals surface area contributed by atoms with Crippen LogP contribution in [0.2, 0.25) is 0 Å². The number of rotatable bonds is 3. The first-order valence-electron chi connectivity index (χ1n) is 3.57. The smallest absolute Gasteiger partial charge is 0.254 e. The molecule has 1 rings (SSSR count). The molecule has 0 aliphatic heterocycles. The monoisotopic (exact) mass is 198 g/mol. The van der Waals surface area contributed by atoms with E-state index in [9.17, 15) is 4.79 Å². The molecule has 5 nitrogen and oxygen atoms in total. The Kier molecular flexibility index (Phi) is 3.07. The van der Waals surface area contributed by atoms with Crippen molar-refractivity contribution in [1.82, 2.24) is 9.97 Å². The van der Waals surface area contributed by atoms with Crippen molar-refractivity contribution in [2.45, 2.75) is 5.16 Å². The highest BCUT2D eigenvalue weighted by Gasteiger charge is 2.09. The molecule has 0 fully saturated rings. The molecule has 0 atom stereocenters. The first-order valence-corrected chi connectivity index (χ1v) is 4.80. The normalized spacial score (nSPS) is 9.69. The van der Waals surface area contributed by atoms with Crippen LogP contribution in [-0.4, -0.2) is 29.2 Å². The van der Waals surface area contributed by atoms with Crippen molar-refractivity contribution in [3.63, 3.8) is 0 Å². The number of carbonyl (C=O) groups is 1. The molecule has 0 aromatic carbocycles. The van der Waals surface area contributed by atoms with Crippen LogP contribution in [0.1, 0.15) is 10.4 Å². The molecule has 0 saturated carbocycles. The molecule has 0 saturated heterocycles. The average molecular weight is 198 g/mol. The second-order valence-electron chi connectivity index (χ2n) is 2.23. The summed E-state index contributed by atoms with van der Waals surface area (Å²) < 4.78 is 0. The Morgan fingerprint density at radius 2 is 2.38 bits per heavy atom. The van der Waals surface area contributed by atoms with Crippen molar-refractivity contribution in [2.24, 2.45) is 5.73 Å². The lowest BCUT2D eigenvalue weighted by Crippen LogP contribution is -2.15. The van der Waals surface area contributed by atoms with E-state index in [4.69, 9.17) is 5.73 Å². The van der Waals surface area contributed by atoms with Gasteiger partial charge in [0.2, 0.25) is 0 Å². The van der Waals surface area contributed by atoms with Gasteiger partial charge in [0.15, 0.2) is 5.16 Å². The van der Waals surface area contributed by atoms with Gasteiger partial charge in [0.25, 0.3) is 5.91 Å². The largest absolute Gasteiger partial charge is 0.372 e. The zero-order valence-corrected chi connectivity index (χ0v) is 8.18. The van der Waals surface area contributed by atoms with Crippen molar-refractivity contribution in [3.05, 3.63) is 11.8 Å². The molecule has 0 bridgehead atoms. The summed E-state index contributed by atoms with van der Waals surface area (Å²) in [5, 5.41) is 3.39. The Labute approximate surface area is 80.1 Å². The van der Waals surface area contributed by atoms with E-state index >= 15 is 0 Å². The van der Waals surface area contributed by atoms with Crippen LogP contribution >= 0.6 is 11.8 Å². The van der Waals surface area contributed by atoms with Crippen molar-refractivity contribution in [2.75, 3.05) is 18.6 Å². The zero-order valence-electron chi connectivity index (χ0n) is 7.37. The van der Waals surface area contributed by atoms with Crippen LogP contribution in [-0.2, 0) is 0 Å². The van der Waals surface area contributed by atoms with Crippen LogP contribution in [0.4, 0.5) is 5.82 Å². The molecule has 0 aliphatic rings. The molecule has 70 valence electrons. The van der Waals surface area contributed by atoms with E-state index in [-0.39, 0.29) is 0 Å². The maximum Gasteiger partial charge on any atom is 0.254 e. The van der Waals surface area contributed by atoms with Gasteiger partial charge >= 0.3 is 0 Å². The fraction of sp³-hybridized carbons (Fsp3) is 0.286. The maximum atomic E-state index is 10.9. The van der Waals surface area contributed by atoms with Crippen LogP contribution in [0.3, 0.4) is 0 Å². The molecule has 3 N–H and O–H groups in total. The number of primary amides is 1. The van der Waals surface area contributed by atoms with Crippen molar-refractivity contribution >= 4 is 23.5 Å². The Morgan fingerprint density at radius 1 is 1.69 bits per heavy atom. The fourth-order valence-corrected chi connectivity index (χ4v) is 1.18. The first-order chi connectivity index (χ1) is 6.19. The van der Waals surface area contributed by atoms with Crippen molar-refractivity contribution in [3.8, 4) is 0 Å². The summed E-state index contributed by atoms with van der Waals surface area (Å²) in [6, 6.07) is 0. The van der Waals surface area contributed by atoms with Gasteiger partial charge in [-0.2, -0.15) is 0 Å². The van der Waals surface area contributed by atoms with Gasteiger partial charge < -0.3 is 11.1 Å². The summed E-state index contributed by atoms with van der Waals surface area (Å²) in [6.07, 6.45) is 3.28. The molecule has 13 heavy (non-hydrogen) atoms. The number of hydrogen-bond donors (Lipinski definition) is 2. The average Bonchev–Trinajstić information content (AvgIpc) is 2.16. The summed E-state index contributed by atoms with van der Waals surface area (Å²) in [6.45, 7) is 0. The van der Waals surface area contributed by atoms with Crippen LogP contribution in [0.5, 0.6) is 0 Å². The van der Waals surface area contributed by atoms with Gasteiger partial charge in [-0.25, -0.2) is 9.97 Å². The number of nitrogens with two attached hydrogens (primary N) is 1. The van der Waals surface area contributed by atoms with E-state index in [1.807, 2.05) is 6.26 Å². The SMILES string of the molecule is CNc1nc(SC)ncc1C(N)=O. The minimum absolute atomic E-state index is 0.306. The summed E-state index contributed by atoms with van der Waals surface area (Å²) in [7, 11) is 1.68. The Balaban J connectivity index is 3.15. The lowest BCUT2D eigenvalue weighted by atomic mass is 10.3. The zero-order chi connectivity index (χ0) is 9.84. The summed E-state index contributed by atoms with van der Waals surface area (Å²) in [5.74, 6) is -0.0659. The Morgan fingerprint density at radius 3 is 2.85 bits per heavy atom. The minimum atomic E-state index is -0.531. The third-order valence-electron chi connectivity index (χ3n) is 1.45. The predicted octanol–water partition coefficient (Wildman–Crippen LogP) is 0.339. The molecule has 0 radical (unpaired) electrons. The molecular formula is C7H10N4OS. The fourth-order valence-electron chi connectivity index (χ4n) is 0.835. The lowest BCUT2D eigenvalue weighted by molar-refractivity contribution is 0.100. The van der Waals surface area contributed by atoms with E-state index in [2.05, 4.69) is 15.3 Å². The number of aromatic nitrogens is 2. The highest BCUT2D eigenvalue weighted by Crippen LogP contribution is 2.14. The second kappa shape index (κ2) is 4.08. The van der Waals surface area contributed by atoms with Crippen LogP contribution < -0.4 is 11.1 Å².